The number of piperidine rings is 1. The van der Waals surface area contributed by atoms with Gasteiger partial charge in [0, 0.05) is 56.4 Å². The molecule has 1 saturated heterocycles. The van der Waals surface area contributed by atoms with E-state index in [-0.39, 0.29) is 43.2 Å². The van der Waals surface area contributed by atoms with Crippen molar-refractivity contribution in [1.82, 2.24) is 44.4 Å². The number of aryl methyl sites for hydroxylation is 1. The molecule has 2 amide bonds. The molecule has 1 aliphatic heterocycles. The first-order valence-corrected chi connectivity index (χ1v) is 14.3. The van der Waals surface area contributed by atoms with Crippen LogP contribution in [0.15, 0.2) is 42.7 Å². The number of hydrogen-bond donors (Lipinski definition) is 1. The van der Waals surface area contributed by atoms with Gasteiger partial charge in [0.05, 0.1) is 35.7 Å². The molecule has 0 unspecified atom stereocenters. The van der Waals surface area contributed by atoms with Crippen LogP contribution >= 0.6 is 0 Å². The topological polar surface area (TPSA) is 144 Å². The van der Waals surface area contributed by atoms with E-state index in [1.807, 2.05) is 30.1 Å². The number of fused-ring (bicyclic) bond motifs is 2. The Labute approximate surface area is 251 Å². The number of rotatable bonds is 8. The van der Waals surface area contributed by atoms with Crippen molar-refractivity contribution in [2.24, 2.45) is 7.05 Å². The zero-order chi connectivity index (χ0) is 31.1. The van der Waals surface area contributed by atoms with Crippen LogP contribution in [0.25, 0.3) is 32.9 Å². The van der Waals surface area contributed by atoms with E-state index in [1.54, 1.807) is 35.6 Å². The molecule has 0 bridgehead atoms. The predicted octanol–water partition coefficient (Wildman–Crippen LogP) is 2.79. The summed E-state index contributed by atoms with van der Waals surface area (Å²) in [6, 6.07) is 8.86. The van der Waals surface area contributed by atoms with Crippen molar-refractivity contribution in [2.45, 2.75) is 45.3 Å². The van der Waals surface area contributed by atoms with E-state index < -0.39 is 5.97 Å². The Bertz CT molecular complexity index is 1900. The van der Waals surface area contributed by atoms with Crippen LogP contribution in [-0.2, 0) is 41.1 Å². The number of aromatic nitrogens is 7. The van der Waals surface area contributed by atoms with Gasteiger partial charge in [0.15, 0.2) is 0 Å². The second-order valence-corrected chi connectivity index (χ2v) is 11.2. The first-order valence-electron chi connectivity index (χ1n) is 14.3. The summed E-state index contributed by atoms with van der Waals surface area (Å²) < 4.78 is 20.2. The minimum Gasteiger partial charge on any atom is -0.480 e. The second kappa shape index (κ2) is 11.5. The molecule has 0 spiro atoms. The molecule has 4 heterocycles. The monoisotopic (exact) mass is 601 g/mol. The summed E-state index contributed by atoms with van der Waals surface area (Å²) in [5.74, 6) is -1.62. The summed E-state index contributed by atoms with van der Waals surface area (Å²) in [4.78, 5) is 39.7. The van der Waals surface area contributed by atoms with E-state index in [4.69, 9.17) is 10.2 Å². The van der Waals surface area contributed by atoms with Gasteiger partial charge < -0.3 is 14.9 Å². The van der Waals surface area contributed by atoms with Crippen molar-refractivity contribution in [2.75, 3.05) is 20.1 Å². The fourth-order valence-corrected chi connectivity index (χ4v) is 5.94. The van der Waals surface area contributed by atoms with Gasteiger partial charge in [0.1, 0.15) is 24.6 Å². The molecule has 0 saturated carbocycles. The minimum atomic E-state index is -1.04. The average molecular weight is 602 g/mol. The van der Waals surface area contributed by atoms with Gasteiger partial charge in [-0.15, -0.1) is 5.10 Å². The van der Waals surface area contributed by atoms with Gasteiger partial charge in [-0.25, -0.2) is 9.07 Å². The number of hydrogen-bond acceptors (Lipinski definition) is 7. The maximum Gasteiger partial charge on any atom is 0.325 e. The van der Waals surface area contributed by atoms with Crippen LogP contribution in [0.4, 0.5) is 4.39 Å². The third-order valence-electron chi connectivity index (χ3n) is 8.25. The lowest BCUT2D eigenvalue weighted by Crippen LogP contribution is -2.36. The maximum absolute atomic E-state index is 15.6. The molecule has 6 rings (SSSR count). The van der Waals surface area contributed by atoms with Crippen LogP contribution in [0.1, 0.15) is 37.1 Å². The molecule has 0 atom stereocenters. The van der Waals surface area contributed by atoms with Gasteiger partial charge in [-0.05, 0) is 36.6 Å². The smallest absolute Gasteiger partial charge is 0.325 e. The van der Waals surface area contributed by atoms with Gasteiger partial charge in [-0.3, -0.25) is 23.7 Å². The first kappa shape index (κ1) is 29.0. The Morgan fingerprint density at radius 1 is 1.09 bits per heavy atom. The third kappa shape index (κ3) is 5.50. The average Bonchev–Trinajstić information content (AvgIpc) is 3.69. The second-order valence-electron chi connectivity index (χ2n) is 11.2. The zero-order valence-corrected chi connectivity index (χ0v) is 24.6. The van der Waals surface area contributed by atoms with Crippen molar-refractivity contribution in [3.05, 3.63) is 59.9 Å². The molecule has 0 radical (unpaired) electrons. The van der Waals surface area contributed by atoms with Crippen LogP contribution in [0.3, 0.4) is 0 Å². The number of nitrogens with zero attached hydrogens (tertiary/aromatic N) is 9. The van der Waals surface area contributed by atoms with Crippen molar-refractivity contribution in [1.29, 1.82) is 0 Å². The lowest BCUT2D eigenvalue weighted by molar-refractivity contribution is -0.138. The third-order valence-corrected chi connectivity index (χ3v) is 8.25. The summed E-state index contributed by atoms with van der Waals surface area (Å²) in [7, 11) is 3.44. The highest BCUT2D eigenvalue weighted by atomic mass is 19.1. The van der Waals surface area contributed by atoms with E-state index in [9.17, 15) is 14.4 Å². The Balaban J connectivity index is 1.37. The highest BCUT2D eigenvalue weighted by molar-refractivity contribution is 6.00. The van der Waals surface area contributed by atoms with Gasteiger partial charge >= 0.3 is 5.97 Å². The number of carbonyl (C=O) groups excluding carboxylic acids is 2. The number of halogens is 1. The van der Waals surface area contributed by atoms with Crippen LogP contribution < -0.4 is 0 Å². The van der Waals surface area contributed by atoms with Crippen molar-refractivity contribution < 1.29 is 23.9 Å². The molecule has 2 aromatic carbocycles. The number of likely N-dealkylation sites (N-methyl/N-ethyl adjacent to an activating group) is 1. The maximum atomic E-state index is 15.6. The first-order chi connectivity index (χ1) is 21.1. The molecular weight excluding hydrogens is 569 g/mol. The van der Waals surface area contributed by atoms with E-state index in [2.05, 4.69) is 15.4 Å². The van der Waals surface area contributed by atoms with Crippen LogP contribution in [0, 0.1) is 5.82 Å². The number of benzene rings is 2. The largest absolute Gasteiger partial charge is 0.480 e. The summed E-state index contributed by atoms with van der Waals surface area (Å²) >= 11 is 0. The molecule has 44 heavy (non-hydrogen) atoms. The number of carbonyl (C=O) groups is 3. The molecule has 1 aliphatic rings. The fourth-order valence-electron chi connectivity index (χ4n) is 5.94. The van der Waals surface area contributed by atoms with Gasteiger partial charge in [-0.2, -0.15) is 10.2 Å². The van der Waals surface area contributed by atoms with Crippen LogP contribution in [-0.4, -0.2) is 87.4 Å². The standard InChI is InChI=1S/C30H32FN9O4/c1-18(41)38-9-7-19(8-10-38)30-29-22(23-12-26-20(11-24(23)31)13-32-37(26)3)5-4-6-25(29)40(34-30)16-27(42)36(2)14-21-15-39(35-33-21)17-28(43)44/h4-6,11-13,15,19H,7-10,14,16-17H2,1-3H3,(H,43,44). The van der Waals surface area contributed by atoms with E-state index in [0.29, 0.717) is 53.7 Å². The van der Waals surface area contributed by atoms with Crippen LogP contribution in [0.5, 0.6) is 0 Å². The Morgan fingerprint density at radius 3 is 2.59 bits per heavy atom. The fraction of sp³-hybridized carbons (Fsp3) is 0.367. The number of carboxylic acids is 1. The molecule has 14 heteroatoms. The highest BCUT2D eigenvalue weighted by Crippen LogP contribution is 2.39. The lowest BCUT2D eigenvalue weighted by atomic mass is 9.89. The zero-order valence-electron chi connectivity index (χ0n) is 24.6. The van der Waals surface area contributed by atoms with Crippen molar-refractivity contribution in [3.63, 3.8) is 0 Å². The SMILES string of the molecule is CC(=O)N1CCC(c2nn(CC(=O)N(C)Cc3cn(CC(=O)O)nn3)c3cccc(-c4cc5c(cnn5C)cc4F)c23)CC1. The number of likely N-dealkylation sites (tertiary alicyclic amines) is 1. The van der Waals surface area contributed by atoms with E-state index in [1.165, 1.54) is 21.8 Å². The predicted molar refractivity (Wildman–Crippen MR) is 158 cm³/mol. The van der Waals surface area contributed by atoms with E-state index >= 15 is 4.39 Å². The van der Waals surface area contributed by atoms with E-state index in [0.717, 1.165) is 16.6 Å². The summed E-state index contributed by atoms with van der Waals surface area (Å²) in [6.45, 7) is 2.49. The van der Waals surface area contributed by atoms with Gasteiger partial charge in [-0.1, -0.05) is 17.3 Å². The Hall–Kier alpha value is -5.14. The minimum absolute atomic E-state index is 0.0103. The highest BCUT2D eigenvalue weighted by Gasteiger charge is 2.29. The molecule has 13 nitrogen and oxygen atoms in total. The molecule has 3 aromatic heterocycles. The Morgan fingerprint density at radius 2 is 1.86 bits per heavy atom. The van der Waals surface area contributed by atoms with Gasteiger partial charge in [0.2, 0.25) is 11.8 Å². The summed E-state index contributed by atoms with van der Waals surface area (Å²) in [6.07, 6.45) is 4.52. The van der Waals surface area contributed by atoms with Crippen molar-refractivity contribution >= 4 is 39.6 Å². The summed E-state index contributed by atoms with van der Waals surface area (Å²) in [5.41, 5.74) is 3.81. The molecule has 1 fully saturated rings. The molecule has 228 valence electrons. The van der Waals surface area contributed by atoms with Crippen LogP contribution in [0.2, 0.25) is 0 Å². The number of aliphatic carboxylic acids is 1. The number of amides is 2. The Kier molecular flexibility index (Phi) is 7.57. The molecule has 5 aromatic rings. The summed E-state index contributed by atoms with van der Waals surface area (Å²) in [5, 5.41) is 27.5. The van der Waals surface area contributed by atoms with Gasteiger partial charge in [0.25, 0.3) is 0 Å². The molecule has 1 N–H and O–H groups in total. The molecular formula is C30H32FN9O4. The lowest BCUT2D eigenvalue weighted by Gasteiger charge is -2.30. The number of carboxylic acid groups (broad SMARTS) is 1. The normalized spacial score (nSPS) is 14.0. The quantitative estimate of drug-likeness (QED) is 0.286. The van der Waals surface area contributed by atoms with Crippen molar-refractivity contribution in [3.8, 4) is 11.1 Å². The molecule has 0 aliphatic carbocycles.